The molecule has 1 amide bonds. The molecule has 0 aliphatic carbocycles. The van der Waals surface area contributed by atoms with Crippen LogP contribution in [0.15, 0.2) is 24.3 Å². The van der Waals surface area contributed by atoms with Crippen LogP contribution in [0, 0.1) is 5.82 Å². The molecule has 1 rings (SSSR count). The number of benzene rings is 1. The van der Waals surface area contributed by atoms with Crippen LogP contribution in [0.3, 0.4) is 0 Å². The van der Waals surface area contributed by atoms with Crippen LogP contribution in [-0.2, 0) is 4.79 Å². The summed E-state index contributed by atoms with van der Waals surface area (Å²) in [6, 6.07) is 5.98. The average molecular weight is 252 g/mol. The van der Waals surface area contributed by atoms with Gasteiger partial charge >= 0.3 is 0 Å². The standard InChI is InChI=1S/C14H21FN2O/c1-3-9-14(10-4-2,13(16)18)17-12-7-5-11(15)6-8-12/h5-8,17H,3-4,9-10H2,1-2H3,(H2,16,18). The van der Waals surface area contributed by atoms with Crippen LogP contribution in [0.4, 0.5) is 10.1 Å². The fourth-order valence-corrected chi connectivity index (χ4v) is 2.22. The Kier molecular flexibility index (Phi) is 5.13. The predicted octanol–water partition coefficient (Wildman–Crippen LogP) is 3.06. The molecule has 0 unspecified atom stereocenters. The van der Waals surface area contributed by atoms with E-state index in [2.05, 4.69) is 5.32 Å². The molecule has 4 heteroatoms. The number of rotatable bonds is 7. The Labute approximate surface area is 108 Å². The quantitative estimate of drug-likeness (QED) is 0.783. The van der Waals surface area contributed by atoms with Gasteiger partial charge in [0.25, 0.3) is 0 Å². The fourth-order valence-electron chi connectivity index (χ4n) is 2.22. The van der Waals surface area contributed by atoms with Crippen molar-refractivity contribution >= 4 is 11.6 Å². The van der Waals surface area contributed by atoms with E-state index in [1.165, 1.54) is 12.1 Å². The topological polar surface area (TPSA) is 55.1 Å². The van der Waals surface area contributed by atoms with E-state index in [1.807, 2.05) is 13.8 Å². The zero-order valence-corrected chi connectivity index (χ0v) is 11.0. The molecule has 1 aromatic rings. The molecular formula is C14H21FN2O. The van der Waals surface area contributed by atoms with Crippen LogP contribution < -0.4 is 11.1 Å². The van der Waals surface area contributed by atoms with E-state index >= 15 is 0 Å². The average Bonchev–Trinajstić information content (AvgIpc) is 2.32. The number of carbonyl (C=O) groups excluding carboxylic acids is 1. The van der Waals surface area contributed by atoms with Gasteiger partial charge in [0.05, 0.1) is 0 Å². The number of amides is 1. The van der Waals surface area contributed by atoms with E-state index < -0.39 is 5.54 Å². The molecule has 18 heavy (non-hydrogen) atoms. The lowest BCUT2D eigenvalue weighted by Crippen LogP contribution is -2.50. The summed E-state index contributed by atoms with van der Waals surface area (Å²) in [4.78, 5) is 11.8. The molecule has 0 aromatic heterocycles. The molecule has 0 bridgehead atoms. The van der Waals surface area contributed by atoms with Gasteiger partial charge in [0, 0.05) is 5.69 Å². The van der Waals surface area contributed by atoms with Gasteiger partial charge in [0.15, 0.2) is 0 Å². The molecule has 0 atom stereocenters. The van der Waals surface area contributed by atoms with Crippen molar-refractivity contribution in [3.63, 3.8) is 0 Å². The number of nitrogens with two attached hydrogens (primary N) is 1. The minimum atomic E-state index is -0.735. The molecule has 0 aliphatic heterocycles. The predicted molar refractivity (Wildman–Crippen MR) is 71.8 cm³/mol. The van der Waals surface area contributed by atoms with Gasteiger partial charge in [0.2, 0.25) is 5.91 Å². The molecule has 0 saturated carbocycles. The molecule has 3 nitrogen and oxygen atoms in total. The molecule has 0 heterocycles. The third-order valence-electron chi connectivity index (χ3n) is 3.05. The zero-order valence-electron chi connectivity index (χ0n) is 11.0. The summed E-state index contributed by atoms with van der Waals surface area (Å²) in [7, 11) is 0. The summed E-state index contributed by atoms with van der Waals surface area (Å²) in [5.74, 6) is -0.647. The number of carbonyl (C=O) groups is 1. The van der Waals surface area contributed by atoms with Crippen molar-refractivity contribution < 1.29 is 9.18 Å². The van der Waals surface area contributed by atoms with Crippen LogP contribution in [0.5, 0.6) is 0 Å². The van der Waals surface area contributed by atoms with Gasteiger partial charge in [-0.1, -0.05) is 26.7 Å². The van der Waals surface area contributed by atoms with E-state index in [9.17, 15) is 9.18 Å². The van der Waals surface area contributed by atoms with Gasteiger partial charge < -0.3 is 11.1 Å². The van der Waals surface area contributed by atoms with Crippen LogP contribution in [0.1, 0.15) is 39.5 Å². The molecular weight excluding hydrogens is 231 g/mol. The first-order valence-electron chi connectivity index (χ1n) is 6.37. The summed E-state index contributed by atoms with van der Waals surface area (Å²) < 4.78 is 12.9. The van der Waals surface area contributed by atoms with Crippen molar-refractivity contribution in [2.24, 2.45) is 5.73 Å². The third kappa shape index (κ3) is 3.45. The largest absolute Gasteiger partial charge is 0.371 e. The molecule has 0 saturated heterocycles. The summed E-state index contributed by atoms with van der Waals surface area (Å²) >= 11 is 0. The normalized spacial score (nSPS) is 11.3. The van der Waals surface area contributed by atoms with Crippen molar-refractivity contribution in [1.29, 1.82) is 0 Å². The highest BCUT2D eigenvalue weighted by Crippen LogP contribution is 2.25. The zero-order chi connectivity index (χ0) is 13.6. The Morgan fingerprint density at radius 2 is 1.72 bits per heavy atom. The van der Waals surface area contributed by atoms with Crippen molar-refractivity contribution in [3.8, 4) is 0 Å². The van der Waals surface area contributed by atoms with E-state index in [1.54, 1.807) is 12.1 Å². The molecule has 0 aliphatic rings. The Morgan fingerprint density at radius 1 is 1.22 bits per heavy atom. The lowest BCUT2D eigenvalue weighted by atomic mass is 9.87. The lowest BCUT2D eigenvalue weighted by molar-refractivity contribution is -0.122. The minimum Gasteiger partial charge on any atom is -0.371 e. The summed E-state index contributed by atoms with van der Waals surface area (Å²) in [5.41, 5.74) is 5.53. The molecule has 100 valence electrons. The maximum atomic E-state index is 12.9. The monoisotopic (exact) mass is 252 g/mol. The molecule has 0 spiro atoms. The summed E-state index contributed by atoms with van der Waals surface area (Å²) in [6.07, 6.45) is 3.06. The van der Waals surface area contributed by atoms with Gasteiger partial charge in [-0.2, -0.15) is 0 Å². The van der Waals surface area contributed by atoms with Crippen molar-refractivity contribution in [2.45, 2.75) is 45.1 Å². The van der Waals surface area contributed by atoms with Crippen LogP contribution >= 0.6 is 0 Å². The van der Waals surface area contributed by atoms with Crippen LogP contribution in [-0.4, -0.2) is 11.4 Å². The Balaban J connectivity index is 2.95. The first-order chi connectivity index (χ1) is 8.54. The van der Waals surface area contributed by atoms with E-state index in [0.29, 0.717) is 12.8 Å². The van der Waals surface area contributed by atoms with Gasteiger partial charge in [-0.15, -0.1) is 0 Å². The maximum Gasteiger partial charge on any atom is 0.243 e. The van der Waals surface area contributed by atoms with Gasteiger partial charge in [-0.25, -0.2) is 4.39 Å². The summed E-state index contributed by atoms with van der Waals surface area (Å²) in [6.45, 7) is 4.03. The molecule has 1 aromatic carbocycles. The second-order valence-electron chi connectivity index (χ2n) is 4.58. The number of hydrogen-bond donors (Lipinski definition) is 2. The second-order valence-corrected chi connectivity index (χ2v) is 4.58. The third-order valence-corrected chi connectivity index (χ3v) is 3.05. The van der Waals surface area contributed by atoms with Gasteiger partial charge in [0.1, 0.15) is 11.4 Å². The Morgan fingerprint density at radius 3 is 2.11 bits per heavy atom. The van der Waals surface area contributed by atoms with Crippen LogP contribution in [0.25, 0.3) is 0 Å². The lowest BCUT2D eigenvalue weighted by Gasteiger charge is -2.32. The van der Waals surface area contributed by atoms with E-state index in [4.69, 9.17) is 5.73 Å². The Hall–Kier alpha value is -1.58. The number of hydrogen-bond acceptors (Lipinski definition) is 2. The highest BCUT2D eigenvalue weighted by atomic mass is 19.1. The van der Waals surface area contributed by atoms with Crippen molar-refractivity contribution in [2.75, 3.05) is 5.32 Å². The van der Waals surface area contributed by atoms with Crippen LogP contribution in [0.2, 0.25) is 0 Å². The minimum absolute atomic E-state index is 0.295. The van der Waals surface area contributed by atoms with Gasteiger partial charge in [-0.3, -0.25) is 4.79 Å². The van der Waals surface area contributed by atoms with Crippen molar-refractivity contribution in [3.05, 3.63) is 30.1 Å². The number of anilines is 1. The van der Waals surface area contributed by atoms with E-state index in [0.717, 1.165) is 18.5 Å². The van der Waals surface area contributed by atoms with E-state index in [-0.39, 0.29) is 11.7 Å². The summed E-state index contributed by atoms with van der Waals surface area (Å²) in [5, 5.41) is 3.18. The number of primary amides is 1. The fraction of sp³-hybridized carbons (Fsp3) is 0.500. The molecule has 0 radical (unpaired) electrons. The Bertz CT molecular complexity index is 383. The maximum absolute atomic E-state index is 12.9. The number of nitrogens with one attached hydrogen (secondary N) is 1. The smallest absolute Gasteiger partial charge is 0.243 e. The number of halogens is 1. The SMILES string of the molecule is CCCC(CCC)(Nc1ccc(F)cc1)C(N)=O. The highest BCUT2D eigenvalue weighted by Gasteiger charge is 2.34. The highest BCUT2D eigenvalue weighted by molar-refractivity contribution is 5.87. The van der Waals surface area contributed by atoms with Gasteiger partial charge in [-0.05, 0) is 37.1 Å². The molecule has 3 N–H and O–H groups in total. The molecule has 0 fully saturated rings. The first-order valence-corrected chi connectivity index (χ1v) is 6.37. The first kappa shape index (κ1) is 14.5. The second kappa shape index (κ2) is 6.38. The van der Waals surface area contributed by atoms with Crippen molar-refractivity contribution in [1.82, 2.24) is 0 Å².